The van der Waals surface area contributed by atoms with Crippen molar-refractivity contribution >= 4 is 11.3 Å². The van der Waals surface area contributed by atoms with E-state index in [4.69, 9.17) is 0 Å². The molecule has 1 unspecified atom stereocenters. The number of hydrogen-bond acceptors (Lipinski definition) is 3. The minimum atomic E-state index is -0.810. The molecule has 3 rings (SSSR count). The molecule has 5 heteroatoms. The van der Waals surface area contributed by atoms with Crippen LogP contribution in [0.2, 0.25) is 0 Å². The summed E-state index contributed by atoms with van der Waals surface area (Å²) in [4.78, 5) is 4.60. The molecule has 1 fully saturated rings. The zero-order valence-electron chi connectivity index (χ0n) is 12.1. The van der Waals surface area contributed by atoms with Crippen molar-refractivity contribution in [2.24, 2.45) is 0 Å². The fraction of sp³-hybridized carbons (Fsp3) is 0.438. The van der Waals surface area contributed by atoms with Gasteiger partial charge in [-0.05, 0) is 24.8 Å². The number of aromatic nitrogens is 1. The average molecular weight is 308 g/mol. The molecule has 1 aliphatic carbocycles. The van der Waals surface area contributed by atoms with Gasteiger partial charge in [0.15, 0.2) is 11.6 Å². The first-order chi connectivity index (χ1) is 10.1. The standard InChI is InChI=1S/C16H18F2N2S/c1-9(2)13-8-21-16(20-13)15(19-10-6-7-10)11-4-3-5-12(17)14(11)18/h3-5,8-10,15,19H,6-7H2,1-2H3. The fourth-order valence-electron chi connectivity index (χ4n) is 2.22. The lowest BCUT2D eigenvalue weighted by Gasteiger charge is -2.17. The van der Waals surface area contributed by atoms with Crippen LogP contribution < -0.4 is 5.32 Å². The molecule has 1 aromatic heterocycles. The van der Waals surface area contributed by atoms with Crippen LogP contribution in [-0.4, -0.2) is 11.0 Å². The molecule has 2 aromatic rings. The summed E-state index contributed by atoms with van der Waals surface area (Å²) in [6.45, 7) is 4.15. The van der Waals surface area contributed by atoms with Crippen molar-refractivity contribution in [1.29, 1.82) is 0 Å². The SMILES string of the molecule is CC(C)c1csc(C(NC2CC2)c2cccc(F)c2F)n1. The van der Waals surface area contributed by atoms with Crippen LogP contribution in [0.5, 0.6) is 0 Å². The van der Waals surface area contributed by atoms with Crippen molar-refractivity contribution in [2.75, 3.05) is 0 Å². The smallest absolute Gasteiger partial charge is 0.164 e. The Bertz CT molecular complexity index is 635. The number of thiazole rings is 1. The van der Waals surface area contributed by atoms with Gasteiger partial charge in [-0.2, -0.15) is 0 Å². The molecule has 1 saturated carbocycles. The minimum absolute atomic E-state index is 0.328. The molecule has 112 valence electrons. The van der Waals surface area contributed by atoms with Crippen molar-refractivity contribution in [2.45, 2.75) is 44.7 Å². The average Bonchev–Trinajstić information content (AvgIpc) is 3.13. The quantitative estimate of drug-likeness (QED) is 0.886. The van der Waals surface area contributed by atoms with Crippen molar-refractivity contribution in [3.63, 3.8) is 0 Å². The maximum atomic E-state index is 14.1. The minimum Gasteiger partial charge on any atom is -0.301 e. The molecular formula is C16H18F2N2S. The summed E-state index contributed by atoms with van der Waals surface area (Å²) in [6, 6.07) is 4.34. The summed E-state index contributed by atoms with van der Waals surface area (Å²) in [5, 5.41) is 6.18. The molecule has 2 nitrogen and oxygen atoms in total. The van der Waals surface area contributed by atoms with Gasteiger partial charge in [0.05, 0.1) is 11.7 Å². The van der Waals surface area contributed by atoms with Gasteiger partial charge in [0.2, 0.25) is 0 Å². The topological polar surface area (TPSA) is 24.9 Å². The molecule has 1 aromatic carbocycles. The monoisotopic (exact) mass is 308 g/mol. The molecule has 0 radical (unpaired) electrons. The van der Waals surface area contributed by atoms with Crippen molar-refractivity contribution < 1.29 is 8.78 Å². The highest BCUT2D eigenvalue weighted by molar-refractivity contribution is 7.09. The summed E-state index contributed by atoms with van der Waals surface area (Å²) in [5.74, 6) is -1.26. The van der Waals surface area contributed by atoms with Gasteiger partial charge in [0.1, 0.15) is 5.01 Å². The lowest BCUT2D eigenvalue weighted by molar-refractivity contribution is 0.479. The Morgan fingerprint density at radius 1 is 1.29 bits per heavy atom. The second-order valence-electron chi connectivity index (χ2n) is 5.78. The van der Waals surface area contributed by atoms with Gasteiger partial charge in [-0.25, -0.2) is 13.8 Å². The summed E-state index contributed by atoms with van der Waals surface area (Å²) in [6.07, 6.45) is 2.16. The highest BCUT2D eigenvalue weighted by atomic mass is 32.1. The highest BCUT2D eigenvalue weighted by Crippen LogP contribution is 2.33. The van der Waals surface area contributed by atoms with Crippen molar-refractivity contribution in [3.05, 3.63) is 51.5 Å². The molecule has 0 spiro atoms. The van der Waals surface area contributed by atoms with Gasteiger partial charge in [0, 0.05) is 17.0 Å². The van der Waals surface area contributed by atoms with Gasteiger partial charge in [-0.15, -0.1) is 11.3 Å². The number of halogens is 2. The van der Waals surface area contributed by atoms with E-state index in [9.17, 15) is 8.78 Å². The van der Waals surface area contributed by atoms with Crippen LogP contribution in [0, 0.1) is 11.6 Å². The van der Waals surface area contributed by atoms with E-state index >= 15 is 0 Å². The molecule has 0 aliphatic heterocycles. The van der Waals surface area contributed by atoms with Gasteiger partial charge in [0.25, 0.3) is 0 Å². The molecule has 1 N–H and O–H groups in total. The van der Waals surface area contributed by atoms with Crippen LogP contribution in [0.4, 0.5) is 8.78 Å². The third-order valence-corrected chi connectivity index (χ3v) is 4.58. The Kier molecular flexibility index (Phi) is 4.04. The van der Waals surface area contributed by atoms with E-state index < -0.39 is 11.6 Å². The third-order valence-electron chi connectivity index (χ3n) is 3.65. The van der Waals surface area contributed by atoms with E-state index in [-0.39, 0.29) is 6.04 Å². The van der Waals surface area contributed by atoms with Crippen molar-refractivity contribution in [3.8, 4) is 0 Å². The number of benzene rings is 1. The highest BCUT2D eigenvalue weighted by Gasteiger charge is 2.30. The molecular weight excluding hydrogens is 290 g/mol. The van der Waals surface area contributed by atoms with Gasteiger partial charge in [-0.1, -0.05) is 26.0 Å². The third kappa shape index (κ3) is 3.14. The largest absolute Gasteiger partial charge is 0.301 e. The molecule has 0 bridgehead atoms. The normalized spacial score (nSPS) is 16.4. The molecule has 1 heterocycles. The van der Waals surface area contributed by atoms with E-state index in [1.165, 1.54) is 11.3 Å². The Hall–Kier alpha value is -1.33. The second-order valence-corrected chi connectivity index (χ2v) is 6.67. The fourth-order valence-corrected chi connectivity index (χ4v) is 3.28. The molecule has 1 aliphatic rings. The predicted octanol–water partition coefficient (Wildman–Crippen LogP) is 4.39. The summed E-state index contributed by atoms with van der Waals surface area (Å²) in [7, 11) is 0. The zero-order chi connectivity index (χ0) is 15.0. The number of nitrogens with zero attached hydrogens (tertiary/aromatic N) is 1. The lowest BCUT2D eigenvalue weighted by atomic mass is 10.1. The number of nitrogens with one attached hydrogen (secondary N) is 1. The Morgan fingerprint density at radius 3 is 2.67 bits per heavy atom. The van der Waals surface area contributed by atoms with Crippen LogP contribution in [0.3, 0.4) is 0 Å². The Labute approximate surface area is 127 Å². The van der Waals surface area contributed by atoms with Crippen LogP contribution in [0.15, 0.2) is 23.6 Å². The van der Waals surface area contributed by atoms with Crippen LogP contribution >= 0.6 is 11.3 Å². The van der Waals surface area contributed by atoms with Crippen LogP contribution in [-0.2, 0) is 0 Å². The number of hydrogen-bond donors (Lipinski definition) is 1. The zero-order valence-corrected chi connectivity index (χ0v) is 12.9. The summed E-state index contributed by atoms with van der Waals surface area (Å²) < 4.78 is 27.7. The van der Waals surface area contributed by atoms with Crippen LogP contribution in [0.25, 0.3) is 0 Å². The van der Waals surface area contributed by atoms with E-state index in [0.717, 1.165) is 29.6 Å². The first-order valence-electron chi connectivity index (χ1n) is 7.21. The lowest BCUT2D eigenvalue weighted by Crippen LogP contribution is -2.25. The molecule has 0 amide bonds. The maximum Gasteiger partial charge on any atom is 0.164 e. The summed E-state index contributed by atoms with van der Waals surface area (Å²) >= 11 is 1.50. The Morgan fingerprint density at radius 2 is 2.05 bits per heavy atom. The number of rotatable bonds is 5. The summed E-state index contributed by atoms with van der Waals surface area (Å²) in [5.41, 5.74) is 1.33. The van der Waals surface area contributed by atoms with Gasteiger partial charge < -0.3 is 5.32 Å². The van der Waals surface area contributed by atoms with E-state index in [1.807, 2.05) is 5.38 Å². The van der Waals surface area contributed by atoms with Crippen molar-refractivity contribution in [1.82, 2.24) is 10.3 Å². The molecule has 21 heavy (non-hydrogen) atoms. The van der Waals surface area contributed by atoms with Crippen LogP contribution in [0.1, 0.15) is 54.9 Å². The first-order valence-corrected chi connectivity index (χ1v) is 8.09. The van der Waals surface area contributed by atoms with Gasteiger partial charge >= 0.3 is 0 Å². The first kappa shape index (κ1) is 14.6. The maximum absolute atomic E-state index is 14.1. The Balaban J connectivity index is 1.98. The molecule has 1 atom stereocenters. The van der Waals surface area contributed by atoms with E-state index in [2.05, 4.69) is 24.1 Å². The second kappa shape index (κ2) is 5.81. The van der Waals surface area contributed by atoms with Gasteiger partial charge in [-0.3, -0.25) is 0 Å². The van der Waals surface area contributed by atoms with E-state index in [1.54, 1.807) is 12.1 Å². The predicted molar refractivity (Wildman–Crippen MR) is 80.6 cm³/mol. The van der Waals surface area contributed by atoms with E-state index in [0.29, 0.717) is 17.5 Å². The molecule has 0 saturated heterocycles.